The Kier molecular flexibility index (Phi) is 4.78. The summed E-state index contributed by atoms with van der Waals surface area (Å²) in [4.78, 5) is 19.0. The van der Waals surface area contributed by atoms with Crippen molar-refractivity contribution >= 4 is 33.2 Å². The van der Waals surface area contributed by atoms with Gasteiger partial charge in [-0.05, 0) is 31.0 Å². The van der Waals surface area contributed by atoms with Gasteiger partial charge in [0.25, 0.3) is 5.91 Å². The van der Waals surface area contributed by atoms with E-state index in [4.69, 9.17) is 4.74 Å². The Morgan fingerprint density at radius 2 is 2.18 bits per heavy atom. The van der Waals surface area contributed by atoms with Crippen LogP contribution in [0.1, 0.15) is 34.1 Å². The fraction of sp³-hybridized carbons (Fsp3) is 0.375. The van der Waals surface area contributed by atoms with Gasteiger partial charge in [-0.15, -0.1) is 11.3 Å². The zero-order chi connectivity index (χ0) is 15.5. The van der Waals surface area contributed by atoms with Crippen molar-refractivity contribution in [1.82, 2.24) is 9.88 Å². The van der Waals surface area contributed by atoms with Crippen molar-refractivity contribution in [2.45, 2.75) is 18.8 Å². The minimum atomic E-state index is 0.0377. The van der Waals surface area contributed by atoms with E-state index >= 15 is 0 Å². The molecule has 1 saturated heterocycles. The number of ether oxygens (including phenoxy) is 1. The van der Waals surface area contributed by atoms with E-state index in [2.05, 4.69) is 20.9 Å². The van der Waals surface area contributed by atoms with Gasteiger partial charge in [0.15, 0.2) is 0 Å². The fourth-order valence-electron chi connectivity index (χ4n) is 2.78. The first kappa shape index (κ1) is 15.5. The number of halogens is 1. The topological polar surface area (TPSA) is 42.4 Å². The Hall–Kier alpha value is -1.40. The standard InChI is InChI=1S/C16H17BrN2O2S/c1-21-14-3-2-12(17)10-13(14)16(20)19-7-4-11(5-8-19)15-18-6-9-22-15/h2-3,6,9-11H,4-5,7-8H2,1H3. The number of methoxy groups -OCH3 is 1. The summed E-state index contributed by atoms with van der Waals surface area (Å²) in [6.07, 6.45) is 3.79. The monoisotopic (exact) mass is 380 g/mol. The minimum Gasteiger partial charge on any atom is -0.496 e. The summed E-state index contributed by atoms with van der Waals surface area (Å²) >= 11 is 5.12. The lowest BCUT2D eigenvalue weighted by Crippen LogP contribution is -2.38. The zero-order valence-electron chi connectivity index (χ0n) is 12.3. The number of amides is 1. The van der Waals surface area contributed by atoms with Crippen molar-refractivity contribution in [2.24, 2.45) is 0 Å². The van der Waals surface area contributed by atoms with Gasteiger partial charge in [0.2, 0.25) is 0 Å². The molecule has 0 unspecified atom stereocenters. The smallest absolute Gasteiger partial charge is 0.257 e. The van der Waals surface area contributed by atoms with Crippen LogP contribution in [0.2, 0.25) is 0 Å². The summed E-state index contributed by atoms with van der Waals surface area (Å²) in [6, 6.07) is 5.53. The number of aromatic nitrogens is 1. The van der Waals surface area contributed by atoms with Gasteiger partial charge in [0, 0.05) is 35.1 Å². The van der Waals surface area contributed by atoms with Crippen LogP contribution in [0.4, 0.5) is 0 Å². The number of hydrogen-bond acceptors (Lipinski definition) is 4. The van der Waals surface area contributed by atoms with Gasteiger partial charge >= 0.3 is 0 Å². The molecule has 1 aliphatic rings. The van der Waals surface area contributed by atoms with Crippen molar-refractivity contribution < 1.29 is 9.53 Å². The highest BCUT2D eigenvalue weighted by molar-refractivity contribution is 9.10. The summed E-state index contributed by atoms with van der Waals surface area (Å²) in [5, 5.41) is 3.20. The Balaban J connectivity index is 1.71. The highest BCUT2D eigenvalue weighted by Crippen LogP contribution is 2.31. The second kappa shape index (κ2) is 6.79. The molecular formula is C16H17BrN2O2S. The fourth-order valence-corrected chi connectivity index (χ4v) is 3.96. The first-order valence-electron chi connectivity index (χ1n) is 7.21. The Morgan fingerprint density at radius 1 is 1.41 bits per heavy atom. The van der Waals surface area contributed by atoms with Crippen LogP contribution < -0.4 is 4.74 Å². The molecule has 4 nitrogen and oxygen atoms in total. The number of piperidine rings is 1. The summed E-state index contributed by atoms with van der Waals surface area (Å²) in [6.45, 7) is 1.53. The SMILES string of the molecule is COc1ccc(Br)cc1C(=O)N1CCC(c2nccs2)CC1. The highest BCUT2D eigenvalue weighted by atomic mass is 79.9. The van der Waals surface area contributed by atoms with Gasteiger partial charge in [-0.1, -0.05) is 15.9 Å². The average molecular weight is 381 g/mol. The van der Waals surface area contributed by atoms with E-state index in [9.17, 15) is 4.79 Å². The molecule has 0 aliphatic carbocycles. The summed E-state index contributed by atoms with van der Waals surface area (Å²) < 4.78 is 6.20. The van der Waals surface area contributed by atoms with Crippen LogP contribution in [-0.4, -0.2) is 36.0 Å². The van der Waals surface area contributed by atoms with E-state index in [1.54, 1.807) is 18.4 Å². The van der Waals surface area contributed by atoms with Gasteiger partial charge in [0.05, 0.1) is 17.7 Å². The van der Waals surface area contributed by atoms with Crippen LogP contribution in [-0.2, 0) is 0 Å². The average Bonchev–Trinajstić information content (AvgIpc) is 3.09. The molecule has 116 valence electrons. The molecule has 1 aliphatic heterocycles. The van der Waals surface area contributed by atoms with E-state index in [0.717, 1.165) is 30.4 Å². The molecule has 0 saturated carbocycles. The van der Waals surface area contributed by atoms with Crippen molar-refractivity contribution in [2.75, 3.05) is 20.2 Å². The molecule has 6 heteroatoms. The van der Waals surface area contributed by atoms with Crippen LogP contribution >= 0.6 is 27.3 Å². The quantitative estimate of drug-likeness (QED) is 0.809. The van der Waals surface area contributed by atoms with Crippen molar-refractivity contribution in [3.05, 3.63) is 44.8 Å². The van der Waals surface area contributed by atoms with Gasteiger partial charge in [0.1, 0.15) is 5.75 Å². The molecule has 22 heavy (non-hydrogen) atoms. The molecule has 3 rings (SSSR count). The molecular weight excluding hydrogens is 364 g/mol. The summed E-state index contributed by atoms with van der Waals surface area (Å²) in [7, 11) is 1.59. The molecule has 1 fully saturated rings. The first-order valence-corrected chi connectivity index (χ1v) is 8.88. The Morgan fingerprint density at radius 3 is 2.82 bits per heavy atom. The number of benzene rings is 1. The molecule has 1 aromatic carbocycles. The van der Waals surface area contributed by atoms with Crippen LogP contribution in [0, 0.1) is 0 Å². The predicted octanol–water partition coefficient (Wildman–Crippen LogP) is 3.93. The molecule has 1 amide bonds. The molecule has 0 spiro atoms. The second-order valence-corrected chi connectivity index (χ2v) is 7.12. The van der Waals surface area contributed by atoms with E-state index < -0.39 is 0 Å². The number of thiazole rings is 1. The number of rotatable bonds is 3. The van der Waals surface area contributed by atoms with E-state index in [-0.39, 0.29) is 5.91 Å². The predicted molar refractivity (Wildman–Crippen MR) is 90.7 cm³/mol. The molecule has 2 heterocycles. The summed E-state index contributed by atoms with van der Waals surface area (Å²) in [5.74, 6) is 1.14. The van der Waals surface area contributed by atoms with Crippen molar-refractivity contribution in [3.63, 3.8) is 0 Å². The zero-order valence-corrected chi connectivity index (χ0v) is 14.7. The molecule has 0 N–H and O–H groups in total. The Bertz CT molecular complexity index is 652. The number of hydrogen-bond donors (Lipinski definition) is 0. The first-order chi connectivity index (χ1) is 10.7. The van der Waals surface area contributed by atoms with Gasteiger partial charge in [-0.3, -0.25) is 4.79 Å². The number of likely N-dealkylation sites (tertiary alicyclic amines) is 1. The minimum absolute atomic E-state index is 0.0377. The Labute approximate surface area is 142 Å². The third kappa shape index (κ3) is 3.17. The maximum absolute atomic E-state index is 12.7. The van der Waals surface area contributed by atoms with E-state index in [1.807, 2.05) is 34.7 Å². The van der Waals surface area contributed by atoms with Crippen LogP contribution in [0.5, 0.6) is 5.75 Å². The van der Waals surface area contributed by atoms with Gasteiger partial charge in [-0.25, -0.2) is 4.98 Å². The van der Waals surface area contributed by atoms with Gasteiger partial charge in [-0.2, -0.15) is 0 Å². The second-order valence-electron chi connectivity index (χ2n) is 5.28. The van der Waals surface area contributed by atoms with Crippen LogP contribution in [0.3, 0.4) is 0 Å². The lowest BCUT2D eigenvalue weighted by molar-refractivity contribution is 0.0709. The van der Waals surface area contributed by atoms with Crippen LogP contribution in [0.25, 0.3) is 0 Å². The lowest BCUT2D eigenvalue weighted by Gasteiger charge is -2.31. The van der Waals surface area contributed by atoms with Crippen molar-refractivity contribution in [3.8, 4) is 5.75 Å². The third-order valence-electron chi connectivity index (χ3n) is 3.97. The highest BCUT2D eigenvalue weighted by Gasteiger charge is 2.27. The molecule has 0 atom stereocenters. The lowest BCUT2D eigenvalue weighted by atomic mass is 9.97. The maximum Gasteiger partial charge on any atom is 0.257 e. The third-order valence-corrected chi connectivity index (χ3v) is 5.41. The van der Waals surface area contributed by atoms with Crippen molar-refractivity contribution in [1.29, 1.82) is 0 Å². The van der Waals surface area contributed by atoms with E-state index in [0.29, 0.717) is 17.2 Å². The number of carbonyl (C=O) groups is 1. The largest absolute Gasteiger partial charge is 0.496 e. The molecule has 0 radical (unpaired) electrons. The number of carbonyl (C=O) groups excluding carboxylic acids is 1. The van der Waals surface area contributed by atoms with Crippen LogP contribution in [0.15, 0.2) is 34.2 Å². The molecule has 2 aromatic rings. The maximum atomic E-state index is 12.7. The number of nitrogens with zero attached hydrogens (tertiary/aromatic N) is 2. The van der Waals surface area contributed by atoms with Gasteiger partial charge < -0.3 is 9.64 Å². The molecule has 1 aromatic heterocycles. The molecule has 0 bridgehead atoms. The van der Waals surface area contributed by atoms with E-state index in [1.165, 1.54) is 5.01 Å². The normalized spacial score (nSPS) is 15.8. The summed E-state index contributed by atoms with van der Waals surface area (Å²) in [5.41, 5.74) is 0.615.